The summed E-state index contributed by atoms with van der Waals surface area (Å²) in [6.45, 7) is 7.36. The van der Waals surface area contributed by atoms with Gasteiger partial charge in [-0.1, -0.05) is 6.07 Å². The third-order valence-corrected chi connectivity index (χ3v) is 5.35. The molecule has 2 saturated heterocycles. The maximum Gasteiger partial charge on any atom is 0.317 e. The molecule has 0 aliphatic carbocycles. The van der Waals surface area contributed by atoms with E-state index in [9.17, 15) is 4.79 Å². The highest BCUT2D eigenvalue weighted by atomic mass is 32.1. The molecule has 1 N–H and O–H groups in total. The van der Waals surface area contributed by atoms with E-state index in [0.29, 0.717) is 0 Å². The summed E-state index contributed by atoms with van der Waals surface area (Å²) in [4.78, 5) is 18.1. The lowest BCUT2D eigenvalue weighted by Crippen LogP contribution is -2.54. The van der Waals surface area contributed by atoms with Crippen molar-refractivity contribution in [2.24, 2.45) is 0 Å². The standard InChI is InChI=1S/C16H25N3O2S/c1-13(15-5-2-10-21-15)17-16(20)19-8-6-18(7-9-19)12-14-4-3-11-22-14/h3-4,11,13,15H,2,5-10,12H2,1H3,(H,17,20). The van der Waals surface area contributed by atoms with Gasteiger partial charge in [-0.25, -0.2) is 4.79 Å². The van der Waals surface area contributed by atoms with Gasteiger partial charge in [0, 0.05) is 44.2 Å². The van der Waals surface area contributed by atoms with Gasteiger partial charge in [-0.15, -0.1) is 11.3 Å². The Kier molecular flexibility index (Phi) is 5.33. The van der Waals surface area contributed by atoms with E-state index in [2.05, 4.69) is 27.7 Å². The molecule has 0 radical (unpaired) electrons. The normalized spacial score (nSPS) is 24.4. The zero-order valence-electron chi connectivity index (χ0n) is 13.2. The first-order valence-corrected chi connectivity index (χ1v) is 9.02. The van der Waals surface area contributed by atoms with Gasteiger partial charge in [-0.3, -0.25) is 4.90 Å². The van der Waals surface area contributed by atoms with Gasteiger partial charge >= 0.3 is 6.03 Å². The van der Waals surface area contributed by atoms with E-state index in [1.54, 1.807) is 11.3 Å². The number of hydrogen-bond acceptors (Lipinski definition) is 4. The average molecular weight is 323 g/mol. The lowest BCUT2D eigenvalue weighted by Gasteiger charge is -2.35. The maximum atomic E-state index is 12.3. The van der Waals surface area contributed by atoms with Crippen molar-refractivity contribution in [3.63, 3.8) is 0 Å². The van der Waals surface area contributed by atoms with E-state index in [1.165, 1.54) is 4.88 Å². The molecule has 2 aliphatic heterocycles. The molecule has 3 rings (SSSR count). The number of rotatable bonds is 4. The van der Waals surface area contributed by atoms with Crippen LogP contribution in [0, 0.1) is 0 Å². The van der Waals surface area contributed by atoms with Crippen molar-refractivity contribution in [2.45, 2.75) is 38.5 Å². The van der Waals surface area contributed by atoms with Crippen LogP contribution in [0.4, 0.5) is 4.79 Å². The fourth-order valence-electron chi connectivity index (χ4n) is 3.11. The summed E-state index contributed by atoms with van der Waals surface area (Å²) >= 11 is 1.80. The number of nitrogens with one attached hydrogen (secondary N) is 1. The molecule has 0 spiro atoms. The second kappa shape index (κ2) is 7.44. The Morgan fingerprint density at radius 3 is 2.91 bits per heavy atom. The van der Waals surface area contributed by atoms with Gasteiger partial charge in [-0.2, -0.15) is 0 Å². The number of carbonyl (C=O) groups is 1. The Bertz CT molecular complexity index is 466. The van der Waals surface area contributed by atoms with Crippen LogP contribution >= 0.6 is 11.3 Å². The lowest BCUT2D eigenvalue weighted by atomic mass is 10.1. The lowest BCUT2D eigenvalue weighted by molar-refractivity contribution is 0.0801. The van der Waals surface area contributed by atoms with Gasteiger partial charge in [0.25, 0.3) is 0 Å². The van der Waals surface area contributed by atoms with E-state index in [0.717, 1.165) is 52.2 Å². The van der Waals surface area contributed by atoms with E-state index in [4.69, 9.17) is 4.74 Å². The average Bonchev–Trinajstić information content (AvgIpc) is 3.21. The molecule has 2 fully saturated rings. The maximum absolute atomic E-state index is 12.3. The van der Waals surface area contributed by atoms with Gasteiger partial charge < -0.3 is 15.0 Å². The molecule has 0 aromatic carbocycles. The van der Waals surface area contributed by atoms with Crippen LogP contribution in [0.15, 0.2) is 17.5 Å². The fraction of sp³-hybridized carbons (Fsp3) is 0.688. The summed E-state index contributed by atoms with van der Waals surface area (Å²) < 4.78 is 5.64. The molecule has 2 atom stereocenters. The van der Waals surface area contributed by atoms with Crippen LogP contribution in [0.1, 0.15) is 24.6 Å². The predicted molar refractivity (Wildman–Crippen MR) is 88.1 cm³/mol. The van der Waals surface area contributed by atoms with Crippen LogP contribution in [-0.2, 0) is 11.3 Å². The van der Waals surface area contributed by atoms with Crippen molar-refractivity contribution in [1.82, 2.24) is 15.1 Å². The van der Waals surface area contributed by atoms with Crippen LogP contribution in [0.3, 0.4) is 0 Å². The van der Waals surface area contributed by atoms with Crippen LogP contribution < -0.4 is 5.32 Å². The first kappa shape index (κ1) is 15.8. The fourth-order valence-corrected chi connectivity index (χ4v) is 3.85. The summed E-state index contributed by atoms with van der Waals surface area (Å²) in [5.74, 6) is 0. The highest BCUT2D eigenvalue weighted by Crippen LogP contribution is 2.16. The minimum atomic E-state index is 0.0544. The molecule has 122 valence electrons. The topological polar surface area (TPSA) is 44.8 Å². The smallest absolute Gasteiger partial charge is 0.317 e. The van der Waals surface area contributed by atoms with Gasteiger partial charge in [0.05, 0.1) is 12.1 Å². The number of nitrogens with zero attached hydrogens (tertiary/aromatic N) is 2. The Hall–Kier alpha value is -1.11. The Labute approximate surface area is 136 Å². The first-order chi connectivity index (χ1) is 10.7. The molecule has 0 saturated carbocycles. The largest absolute Gasteiger partial charge is 0.376 e. The summed E-state index contributed by atoms with van der Waals surface area (Å²) in [6, 6.07) is 4.42. The van der Waals surface area contributed by atoms with Crippen molar-refractivity contribution in [3.8, 4) is 0 Å². The van der Waals surface area contributed by atoms with Crippen LogP contribution in [0.5, 0.6) is 0 Å². The third kappa shape index (κ3) is 4.00. The Morgan fingerprint density at radius 1 is 1.45 bits per heavy atom. The molecular weight excluding hydrogens is 298 g/mol. The highest BCUT2D eigenvalue weighted by molar-refractivity contribution is 7.09. The molecule has 1 aromatic rings. The number of urea groups is 1. The minimum Gasteiger partial charge on any atom is -0.376 e. The molecule has 3 heterocycles. The number of amides is 2. The Balaban J connectivity index is 1.41. The zero-order chi connectivity index (χ0) is 15.4. The molecule has 2 aliphatic rings. The number of thiophene rings is 1. The zero-order valence-corrected chi connectivity index (χ0v) is 14.0. The summed E-state index contributed by atoms with van der Waals surface area (Å²) in [5.41, 5.74) is 0. The van der Waals surface area contributed by atoms with Crippen LogP contribution in [0.2, 0.25) is 0 Å². The SMILES string of the molecule is CC(NC(=O)N1CCN(Cc2cccs2)CC1)C1CCCO1. The van der Waals surface area contributed by atoms with Crippen molar-refractivity contribution in [3.05, 3.63) is 22.4 Å². The molecule has 2 amide bonds. The van der Waals surface area contributed by atoms with E-state index in [-0.39, 0.29) is 18.2 Å². The van der Waals surface area contributed by atoms with E-state index < -0.39 is 0 Å². The number of hydrogen-bond donors (Lipinski definition) is 1. The monoisotopic (exact) mass is 323 g/mol. The number of carbonyl (C=O) groups excluding carboxylic acids is 1. The molecule has 6 heteroatoms. The van der Waals surface area contributed by atoms with E-state index >= 15 is 0 Å². The molecule has 22 heavy (non-hydrogen) atoms. The summed E-state index contributed by atoms with van der Waals surface area (Å²) in [7, 11) is 0. The molecule has 1 aromatic heterocycles. The quantitative estimate of drug-likeness (QED) is 0.923. The third-order valence-electron chi connectivity index (χ3n) is 4.49. The van der Waals surface area contributed by atoms with Gasteiger partial charge in [-0.05, 0) is 31.2 Å². The second-order valence-corrected chi connectivity index (χ2v) is 7.16. The Morgan fingerprint density at radius 2 is 2.27 bits per heavy atom. The van der Waals surface area contributed by atoms with Crippen molar-refractivity contribution >= 4 is 17.4 Å². The minimum absolute atomic E-state index is 0.0544. The van der Waals surface area contributed by atoms with Crippen molar-refractivity contribution in [1.29, 1.82) is 0 Å². The van der Waals surface area contributed by atoms with Gasteiger partial charge in [0.15, 0.2) is 0 Å². The van der Waals surface area contributed by atoms with Crippen molar-refractivity contribution in [2.75, 3.05) is 32.8 Å². The summed E-state index contributed by atoms with van der Waals surface area (Å²) in [6.07, 6.45) is 2.34. The van der Waals surface area contributed by atoms with Crippen molar-refractivity contribution < 1.29 is 9.53 Å². The second-order valence-electron chi connectivity index (χ2n) is 6.13. The molecule has 0 bridgehead atoms. The van der Waals surface area contributed by atoms with Crippen LogP contribution in [0.25, 0.3) is 0 Å². The molecule has 5 nitrogen and oxygen atoms in total. The van der Waals surface area contributed by atoms with E-state index in [1.807, 2.05) is 11.8 Å². The van der Waals surface area contributed by atoms with Crippen LogP contribution in [-0.4, -0.2) is 60.8 Å². The molecule has 2 unspecified atom stereocenters. The highest BCUT2D eigenvalue weighted by Gasteiger charge is 2.27. The van der Waals surface area contributed by atoms with Gasteiger partial charge in [0.1, 0.15) is 0 Å². The molecular formula is C16H25N3O2S. The van der Waals surface area contributed by atoms with Gasteiger partial charge in [0.2, 0.25) is 0 Å². The predicted octanol–water partition coefficient (Wildman–Crippen LogP) is 2.14. The first-order valence-electron chi connectivity index (χ1n) is 8.14. The summed E-state index contributed by atoms with van der Waals surface area (Å²) in [5, 5.41) is 5.21. The number of ether oxygens (including phenoxy) is 1. The number of piperazine rings is 1.